The number of carbonyl (C=O) groups excluding carboxylic acids is 1. The third-order valence-corrected chi connectivity index (χ3v) is 6.71. The molecule has 1 amide bonds. The first kappa shape index (κ1) is 21.6. The van der Waals surface area contributed by atoms with Crippen LogP contribution < -0.4 is 10.9 Å². The largest absolute Gasteiger partial charge is 0.320 e. The lowest BCUT2D eigenvalue weighted by Gasteiger charge is -2.35. The highest BCUT2D eigenvalue weighted by atomic mass is 35.5. The molecular weight excluding hydrogens is 451 g/mol. The summed E-state index contributed by atoms with van der Waals surface area (Å²) >= 11 is 7.46. The summed E-state index contributed by atoms with van der Waals surface area (Å²) < 4.78 is 40.1. The van der Waals surface area contributed by atoms with Crippen molar-refractivity contribution in [2.75, 3.05) is 5.32 Å². The zero-order valence-corrected chi connectivity index (χ0v) is 17.6. The highest BCUT2D eigenvalue weighted by Gasteiger charge is 2.34. The lowest BCUT2D eigenvalue weighted by molar-refractivity contribution is 0.103. The average Bonchev–Trinajstić information content (AvgIpc) is 3.06. The van der Waals surface area contributed by atoms with Crippen LogP contribution in [0.3, 0.4) is 0 Å². The number of alkyl halides is 2. The molecular formula is C21H17ClF3N3O2S. The zero-order valence-electron chi connectivity index (χ0n) is 16.0. The summed E-state index contributed by atoms with van der Waals surface area (Å²) in [5, 5.41) is 2.45. The van der Waals surface area contributed by atoms with Crippen LogP contribution >= 0.6 is 22.9 Å². The van der Waals surface area contributed by atoms with Gasteiger partial charge in [-0.05, 0) is 54.0 Å². The van der Waals surface area contributed by atoms with Crippen molar-refractivity contribution in [2.45, 2.75) is 37.6 Å². The quantitative estimate of drug-likeness (QED) is 0.536. The maximum Gasteiger partial charge on any atom is 0.286 e. The van der Waals surface area contributed by atoms with Gasteiger partial charge in [-0.15, -0.1) is 11.3 Å². The topological polar surface area (TPSA) is 64.0 Å². The summed E-state index contributed by atoms with van der Waals surface area (Å²) in [5.74, 6) is -1.13. The number of nitrogens with zero attached hydrogens (tertiary/aromatic N) is 2. The third kappa shape index (κ3) is 4.67. The van der Waals surface area contributed by atoms with Crippen molar-refractivity contribution in [3.63, 3.8) is 0 Å². The number of aromatic nitrogens is 2. The molecule has 0 spiro atoms. The molecule has 4 rings (SSSR count). The first-order valence-electron chi connectivity index (χ1n) is 9.50. The van der Waals surface area contributed by atoms with E-state index in [1.54, 1.807) is 18.5 Å². The van der Waals surface area contributed by atoms with E-state index in [4.69, 9.17) is 11.6 Å². The lowest BCUT2D eigenvalue weighted by Crippen LogP contribution is -2.26. The van der Waals surface area contributed by atoms with E-state index in [1.807, 2.05) is 12.1 Å². The Labute approximate surface area is 184 Å². The number of carbonyl (C=O) groups is 1. The predicted octanol–water partition coefficient (Wildman–Crippen LogP) is 5.28. The molecule has 0 aromatic carbocycles. The van der Waals surface area contributed by atoms with Crippen molar-refractivity contribution in [1.29, 1.82) is 0 Å². The van der Waals surface area contributed by atoms with Crippen LogP contribution in [-0.4, -0.2) is 21.9 Å². The number of halogens is 4. The summed E-state index contributed by atoms with van der Waals surface area (Å²) in [4.78, 5) is 28.6. The van der Waals surface area contributed by atoms with Crippen LogP contribution in [0, 0.1) is 5.82 Å². The SMILES string of the molecule is O=C(Nc1cc(F)c(=O)n(CC(F)F)c1)c1cc(C2CC(c3ccncc3)C2)c(Cl)s1. The second-order valence-electron chi connectivity index (χ2n) is 7.36. The van der Waals surface area contributed by atoms with Crippen LogP contribution in [-0.2, 0) is 6.54 Å². The van der Waals surface area contributed by atoms with E-state index in [-0.39, 0.29) is 11.6 Å². The van der Waals surface area contributed by atoms with E-state index >= 15 is 0 Å². The number of hydrogen-bond donors (Lipinski definition) is 1. The number of anilines is 1. The van der Waals surface area contributed by atoms with Crippen LogP contribution in [0.4, 0.5) is 18.9 Å². The number of rotatable bonds is 6. The Morgan fingerprint density at radius 3 is 2.65 bits per heavy atom. The summed E-state index contributed by atoms with van der Waals surface area (Å²) in [5.41, 5.74) is 0.844. The Kier molecular flexibility index (Phi) is 6.15. The van der Waals surface area contributed by atoms with Gasteiger partial charge in [-0.1, -0.05) is 11.6 Å². The van der Waals surface area contributed by atoms with Gasteiger partial charge >= 0.3 is 0 Å². The lowest BCUT2D eigenvalue weighted by atomic mass is 9.69. The van der Waals surface area contributed by atoms with Crippen LogP contribution in [0.15, 0.2) is 47.7 Å². The van der Waals surface area contributed by atoms with Crippen molar-refractivity contribution in [2.24, 2.45) is 0 Å². The second-order valence-corrected chi connectivity index (χ2v) is 9.02. The fourth-order valence-corrected chi connectivity index (χ4v) is 5.02. The van der Waals surface area contributed by atoms with Gasteiger partial charge in [0.05, 0.1) is 21.4 Å². The molecule has 5 nitrogen and oxygen atoms in total. The maximum absolute atomic E-state index is 13.8. The highest BCUT2D eigenvalue weighted by Crippen LogP contribution is 2.50. The zero-order chi connectivity index (χ0) is 22.1. The Morgan fingerprint density at radius 2 is 1.97 bits per heavy atom. The highest BCUT2D eigenvalue weighted by molar-refractivity contribution is 7.18. The van der Waals surface area contributed by atoms with Crippen LogP contribution in [0.2, 0.25) is 4.34 Å². The predicted molar refractivity (Wildman–Crippen MR) is 113 cm³/mol. The van der Waals surface area contributed by atoms with Gasteiger partial charge in [0.1, 0.15) is 0 Å². The van der Waals surface area contributed by atoms with Gasteiger partial charge in [-0.25, -0.2) is 13.2 Å². The van der Waals surface area contributed by atoms with Gasteiger partial charge in [-0.3, -0.25) is 14.6 Å². The van der Waals surface area contributed by atoms with Gasteiger partial charge in [0.25, 0.3) is 17.9 Å². The van der Waals surface area contributed by atoms with Crippen molar-refractivity contribution in [3.8, 4) is 0 Å². The molecule has 0 unspecified atom stereocenters. The van der Waals surface area contributed by atoms with E-state index in [0.717, 1.165) is 42.0 Å². The monoisotopic (exact) mass is 467 g/mol. The first-order valence-corrected chi connectivity index (χ1v) is 10.7. The first-order chi connectivity index (χ1) is 14.8. The van der Waals surface area contributed by atoms with Gasteiger partial charge in [0.2, 0.25) is 0 Å². The van der Waals surface area contributed by atoms with Crippen molar-refractivity contribution in [3.05, 3.63) is 79.4 Å². The normalized spacial score (nSPS) is 18.1. The molecule has 0 atom stereocenters. The Hall–Kier alpha value is -2.65. The molecule has 0 bridgehead atoms. The smallest absolute Gasteiger partial charge is 0.286 e. The van der Waals surface area contributed by atoms with E-state index < -0.39 is 30.3 Å². The number of amides is 1. The fourth-order valence-electron chi connectivity index (χ4n) is 3.70. The molecule has 1 N–H and O–H groups in total. The summed E-state index contributed by atoms with van der Waals surface area (Å²) in [6.45, 7) is -0.964. The summed E-state index contributed by atoms with van der Waals surface area (Å²) in [6, 6.07) is 6.49. The van der Waals surface area contributed by atoms with Crippen LogP contribution in [0.1, 0.15) is 45.5 Å². The minimum Gasteiger partial charge on any atom is -0.320 e. The Morgan fingerprint density at radius 1 is 1.26 bits per heavy atom. The summed E-state index contributed by atoms with van der Waals surface area (Å²) in [7, 11) is 0. The molecule has 0 saturated heterocycles. The molecule has 1 fully saturated rings. The number of nitrogens with one attached hydrogen (secondary N) is 1. The average molecular weight is 468 g/mol. The van der Waals surface area contributed by atoms with E-state index in [1.165, 1.54) is 5.56 Å². The minimum absolute atomic E-state index is 0.0878. The molecule has 10 heteroatoms. The maximum atomic E-state index is 13.8. The van der Waals surface area contributed by atoms with Gasteiger partial charge in [0, 0.05) is 24.7 Å². The second kappa shape index (κ2) is 8.84. The Balaban J connectivity index is 1.46. The van der Waals surface area contributed by atoms with Gasteiger partial charge < -0.3 is 9.88 Å². The number of hydrogen-bond acceptors (Lipinski definition) is 4. The molecule has 1 aliphatic carbocycles. The standard InChI is InChI=1S/C21H17ClF3N3O2S/c22-19-15(13-5-12(6-13)11-1-3-26-4-2-11)8-17(31-19)20(29)27-14-7-16(23)21(30)28(9-14)10-18(24)25/h1-4,7-9,12-13,18H,5-6,10H2,(H,27,29). The summed E-state index contributed by atoms with van der Waals surface area (Å²) in [6.07, 6.45) is 3.50. The van der Waals surface area contributed by atoms with Crippen molar-refractivity contribution < 1.29 is 18.0 Å². The van der Waals surface area contributed by atoms with E-state index in [9.17, 15) is 22.8 Å². The minimum atomic E-state index is -2.83. The van der Waals surface area contributed by atoms with Crippen molar-refractivity contribution in [1.82, 2.24) is 9.55 Å². The number of thiophene rings is 1. The molecule has 31 heavy (non-hydrogen) atoms. The number of pyridine rings is 2. The molecule has 3 aromatic rings. The molecule has 3 heterocycles. The van der Waals surface area contributed by atoms with E-state index in [2.05, 4.69) is 10.3 Å². The molecule has 0 aliphatic heterocycles. The van der Waals surface area contributed by atoms with E-state index in [0.29, 0.717) is 19.7 Å². The van der Waals surface area contributed by atoms with Crippen LogP contribution in [0.5, 0.6) is 0 Å². The molecule has 1 saturated carbocycles. The van der Waals surface area contributed by atoms with Crippen LogP contribution in [0.25, 0.3) is 0 Å². The van der Waals surface area contributed by atoms with Gasteiger partial charge in [0.15, 0.2) is 5.82 Å². The molecule has 0 radical (unpaired) electrons. The third-order valence-electron chi connectivity index (χ3n) is 5.33. The molecule has 162 valence electrons. The molecule has 1 aliphatic rings. The fraction of sp³-hybridized carbons (Fsp3) is 0.286. The van der Waals surface area contributed by atoms with Gasteiger partial charge in [-0.2, -0.15) is 0 Å². The Bertz CT molecular complexity index is 1160. The van der Waals surface area contributed by atoms with Crippen molar-refractivity contribution >= 4 is 34.5 Å². The molecule has 3 aromatic heterocycles.